The lowest BCUT2D eigenvalue weighted by Gasteiger charge is -2.07. The van der Waals surface area contributed by atoms with Crippen molar-refractivity contribution in [1.29, 1.82) is 0 Å². The zero-order valence-corrected chi connectivity index (χ0v) is 12.2. The average Bonchev–Trinajstić information content (AvgIpc) is 2.62. The standard InChI is InChI=1S/C22H16/c1-3-7-17(8-4-1)20-13-11-19-12-14-21(16-22(19)15-20)18-9-5-2-6-10-18/h1-16H. The molecule has 0 heteroatoms. The number of fused-ring (bicyclic) bond motifs is 1. The molecule has 0 radical (unpaired) electrons. The highest BCUT2D eigenvalue weighted by Gasteiger charge is 2.02. The smallest absolute Gasteiger partial charge is 0.0172 e. The molecule has 4 aromatic carbocycles. The molecule has 0 saturated heterocycles. The summed E-state index contributed by atoms with van der Waals surface area (Å²) in [5.41, 5.74) is 5.04. The van der Waals surface area contributed by atoms with Crippen LogP contribution in [0.15, 0.2) is 97.1 Å². The molecule has 0 aliphatic heterocycles. The molecule has 0 heterocycles. The summed E-state index contributed by atoms with van der Waals surface area (Å²) in [7, 11) is 0. The van der Waals surface area contributed by atoms with E-state index in [1.165, 1.54) is 33.0 Å². The summed E-state index contributed by atoms with van der Waals surface area (Å²) in [6.45, 7) is 0. The van der Waals surface area contributed by atoms with Gasteiger partial charge in [0.25, 0.3) is 0 Å². The van der Waals surface area contributed by atoms with Crippen molar-refractivity contribution >= 4 is 10.8 Å². The molecule has 104 valence electrons. The molecular weight excluding hydrogens is 264 g/mol. The molecule has 0 aliphatic carbocycles. The van der Waals surface area contributed by atoms with Gasteiger partial charge in [-0.25, -0.2) is 0 Å². The lowest BCUT2D eigenvalue weighted by Crippen LogP contribution is -1.81. The van der Waals surface area contributed by atoms with Gasteiger partial charge in [-0.05, 0) is 45.2 Å². The molecule has 0 aliphatic rings. The summed E-state index contributed by atoms with van der Waals surface area (Å²) >= 11 is 0. The molecule has 4 aromatic rings. The third-order valence-corrected chi connectivity index (χ3v) is 4.05. The van der Waals surface area contributed by atoms with E-state index in [1.54, 1.807) is 0 Å². The molecule has 0 amide bonds. The average molecular weight is 280 g/mol. The Hall–Kier alpha value is -2.86. The Morgan fingerprint density at radius 2 is 0.773 bits per heavy atom. The van der Waals surface area contributed by atoms with E-state index in [4.69, 9.17) is 0 Å². The van der Waals surface area contributed by atoms with Gasteiger partial charge in [0.15, 0.2) is 0 Å². The molecule has 0 aromatic heterocycles. The molecule has 0 nitrogen and oxygen atoms in total. The van der Waals surface area contributed by atoms with Crippen LogP contribution in [0.2, 0.25) is 0 Å². The molecular formula is C22H16. The summed E-state index contributed by atoms with van der Waals surface area (Å²) in [5, 5.41) is 2.56. The van der Waals surface area contributed by atoms with Crippen molar-refractivity contribution in [1.82, 2.24) is 0 Å². The molecule has 0 unspecified atom stereocenters. The van der Waals surface area contributed by atoms with E-state index >= 15 is 0 Å². The van der Waals surface area contributed by atoms with E-state index in [0.717, 1.165) is 0 Å². The van der Waals surface area contributed by atoms with Crippen LogP contribution in [-0.4, -0.2) is 0 Å². The van der Waals surface area contributed by atoms with Crippen molar-refractivity contribution in [3.8, 4) is 22.3 Å². The van der Waals surface area contributed by atoms with Gasteiger partial charge in [-0.3, -0.25) is 0 Å². The monoisotopic (exact) mass is 280 g/mol. The second kappa shape index (κ2) is 5.50. The maximum Gasteiger partial charge on any atom is -0.0172 e. The Kier molecular flexibility index (Phi) is 3.21. The molecule has 0 atom stereocenters. The number of rotatable bonds is 2. The van der Waals surface area contributed by atoms with Crippen molar-refractivity contribution in [2.75, 3.05) is 0 Å². The first-order valence-electron chi connectivity index (χ1n) is 7.55. The van der Waals surface area contributed by atoms with Crippen LogP contribution < -0.4 is 0 Å². The summed E-state index contributed by atoms with van der Waals surface area (Å²) < 4.78 is 0. The van der Waals surface area contributed by atoms with Crippen LogP contribution in [0.5, 0.6) is 0 Å². The fourth-order valence-corrected chi connectivity index (χ4v) is 2.87. The van der Waals surface area contributed by atoms with Gasteiger partial charge >= 0.3 is 0 Å². The van der Waals surface area contributed by atoms with Gasteiger partial charge < -0.3 is 0 Å². The van der Waals surface area contributed by atoms with Crippen LogP contribution in [0.4, 0.5) is 0 Å². The lowest BCUT2D eigenvalue weighted by atomic mass is 9.98. The molecule has 4 rings (SSSR count). The summed E-state index contributed by atoms with van der Waals surface area (Å²) in [6.07, 6.45) is 0. The Balaban J connectivity index is 1.85. The highest BCUT2D eigenvalue weighted by Crippen LogP contribution is 2.28. The van der Waals surface area contributed by atoms with E-state index in [-0.39, 0.29) is 0 Å². The van der Waals surface area contributed by atoms with Gasteiger partial charge in [0.05, 0.1) is 0 Å². The second-order valence-corrected chi connectivity index (χ2v) is 5.51. The number of hydrogen-bond acceptors (Lipinski definition) is 0. The fraction of sp³-hybridized carbons (Fsp3) is 0. The van der Waals surface area contributed by atoms with Crippen LogP contribution in [0.1, 0.15) is 0 Å². The fourth-order valence-electron chi connectivity index (χ4n) is 2.87. The summed E-state index contributed by atoms with van der Waals surface area (Å²) in [6, 6.07) is 34.4. The maximum absolute atomic E-state index is 2.27. The van der Waals surface area contributed by atoms with Crippen LogP contribution >= 0.6 is 0 Å². The molecule has 22 heavy (non-hydrogen) atoms. The molecule has 0 saturated carbocycles. The Morgan fingerprint density at radius 1 is 0.318 bits per heavy atom. The minimum absolute atomic E-state index is 1.26. The Bertz CT molecular complexity index is 832. The Labute approximate surface area is 130 Å². The van der Waals surface area contributed by atoms with Gasteiger partial charge in [-0.15, -0.1) is 0 Å². The van der Waals surface area contributed by atoms with Crippen LogP contribution in [0, 0.1) is 0 Å². The van der Waals surface area contributed by atoms with Crippen molar-refractivity contribution in [3.05, 3.63) is 97.1 Å². The van der Waals surface area contributed by atoms with E-state index in [0.29, 0.717) is 0 Å². The van der Waals surface area contributed by atoms with E-state index in [1.807, 2.05) is 0 Å². The van der Waals surface area contributed by atoms with Crippen molar-refractivity contribution < 1.29 is 0 Å². The van der Waals surface area contributed by atoms with Crippen LogP contribution in [0.25, 0.3) is 33.0 Å². The molecule has 0 fully saturated rings. The van der Waals surface area contributed by atoms with Crippen molar-refractivity contribution in [2.24, 2.45) is 0 Å². The van der Waals surface area contributed by atoms with E-state index in [9.17, 15) is 0 Å². The first kappa shape index (κ1) is 12.8. The number of benzene rings is 4. The van der Waals surface area contributed by atoms with E-state index < -0.39 is 0 Å². The van der Waals surface area contributed by atoms with Gasteiger partial charge in [0, 0.05) is 0 Å². The molecule has 0 N–H and O–H groups in total. The molecule has 0 bridgehead atoms. The zero-order valence-electron chi connectivity index (χ0n) is 12.2. The first-order chi connectivity index (χ1) is 10.9. The largest absolute Gasteiger partial charge is 0.0622 e. The van der Waals surface area contributed by atoms with Gasteiger partial charge in [-0.2, -0.15) is 0 Å². The quantitative estimate of drug-likeness (QED) is 0.411. The number of hydrogen-bond donors (Lipinski definition) is 0. The Morgan fingerprint density at radius 3 is 1.23 bits per heavy atom. The highest BCUT2D eigenvalue weighted by atomic mass is 14.1. The second-order valence-electron chi connectivity index (χ2n) is 5.51. The lowest BCUT2D eigenvalue weighted by molar-refractivity contribution is 1.62. The van der Waals surface area contributed by atoms with Gasteiger partial charge in [0.2, 0.25) is 0 Å². The zero-order chi connectivity index (χ0) is 14.8. The SMILES string of the molecule is c1ccc(-c2ccc3ccc(-c4ccccc4)cc3c2)cc1. The normalized spacial score (nSPS) is 10.7. The van der Waals surface area contributed by atoms with Crippen molar-refractivity contribution in [3.63, 3.8) is 0 Å². The topological polar surface area (TPSA) is 0 Å². The van der Waals surface area contributed by atoms with Gasteiger partial charge in [-0.1, -0.05) is 84.9 Å². The third kappa shape index (κ3) is 2.40. The van der Waals surface area contributed by atoms with Crippen LogP contribution in [-0.2, 0) is 0 Å². The minimum atomic E-state index is 1.26. The van der Waals surface area contributed by atoms with Gasteiger partial charge in [0.1, 0.15) is 0 Å². The minimum Gasteiger partial charge on any atom is -0.0622 e. The van der Waals surface area contributed by atoms with Crippen LogP contribution in [0.3, 0.4) is 0 Å². The predicted octanol–water partition coefficient (Wildman–Crippen LogP) is 6.17. The van der Waals surface area contributed by atoms with Crippen molar-refractivity contribution in [2.45, 2.75) is 0 Å². The summed E-state index contributed by atoms with van der Waals surface area (Å²) in [4.78, 5) is 0. The molecule has 0 spiro atoms. The predicted molar refractivity (Wildman–Crippen MR) is 94.8 cm³/mol. The summed E-state index contributed by atoms with van der Waals surface area (Å²) in [5.74, 6) is 0. The third-order valence-electron chi connectivity index (χ3n) is 4.05. The highest BCUT2D eigenvalue weighted by molar-refractivity contribution is 5.90. The first-order valence-corrected chi connectivity index (χ1v) is 7.55. The maximum atomic E-state index is 2.27. The van der Waals surface area contributed by atoms with E-state index in [2.05, 4.69) is 97.1 Å².